The highest BCUT2D eigenvalue weighted by atomic mass is 32.2. The number of nitrogens with zero attached hydrogens (tertiary/aromatic N) is 2. The van der Waals surface area contributed by atoms with E-state index in [1.807, 2.05) is 0 Å². The van der Waals surface area contributed by atoms with Crippen LogP contribution in [0.1, 0.15) is 33.1 Å². The summed E-state index contributed by atoms with van der Waals surface area (Å²) in [5.41, 5.74) is 0. The van der Waals surface area contributed by atoms with Gasteiger partial charge in [0.2, 0.25) is 20.0 Å². The number of hydrogen-bond donors (Lipinski definition) is 0. The van der Waals surface area contributed by atoms with Gasteiger partial charge in [-0.1, -0.05) is 0 Å². The molecule has 1 rings (SSSR count). The van der Waals surface area contributed by atoms with E-state index < -0.39 is 20.0 Å². The molecule has 1 fully saturated rings. The Morgan fingerprint density at radius 3 is 2.21 bits per heavy atom. The van der Waals surface area contributed by atoms with E-state index in [1.54, 1.807) is 20.9 Å². The Kier molecular flexibility index (Phi) is 5.78. The lowest BCUT2D eigenvalue weighted by atomic mass is 10.1. The summed E-state index contributed by atoms with van der Waals surface area (Å²) in [4.78, 5) is 0. The van der Waals surface area contributed by atoms with Gasteiger partial charge in [0, 0.05) is 26.2 Å². The van der Waals surface area contributed by atoms with Crippen LogP contribution in [0.25, 0.3) is 0 Å². The van der Waals surface area contributed by atoms with Crippen molar-refractivity contribution in [2.45, 2.75) is 39.2 Å². The first-order valence-corrected chi connectivity index (χ1v) is 9.90. The molecule has 1 atom stereocenters. The van der Waals surface area contributed by atoms with E-state index in [4.69, 9.17) is 0 Å². The SMILES string of the molecule is CCS(=O)(=O)N1CCCC(N(C)S(=O)(=O)CC)CC1. The molecule has 6 nitrogen and oxygen atoms in total. The zero-order valence-electron chi connectivity index (χ0n) is 11.9. The van der Waals surface area contributed by atoms with Gasteiger partial charge < -0.3 is 0 Å². The van der Waals surface area contributed by atoms with E-state index in [1.165, 1.54) is 8.61 Å². The van der Waals surface area contributed by atoms with E-state index in [0.717, 1.165) is 0 Å². The summed E-state index contributed by atoms with van der Waals surface area (Å²) in [7, 11) is -4.79. The van der Waals surface area contributed by atoms with E-state index in [-0.39, 0.29) is 17.5 Å². The standard InChI is InChI=1S/C11H24N2O4S2/c1-4-18(14,15)12(3)11-7-6-9-13(10-8-11)19(16,17)5-2/h11H,4-10H2,1-3H3. The molecule has 1 saturated heterocycles. The lowest BCUT2D eigenvalue weighted by Crippen LogP contribution is -2.39. The lowest BCUT2D eigenvalue weighted by Gasteiger charge is -2.26. The van der Waals surface area contributed by atoms with Crippen LogP contribution in [0.5, 0.6) is 0 Å². The average Bonchev–Trinajstić information content (AvgIpc) is 2.63. The first-order chi connectivity index (χ1) is 8.74. The summed E-state index contributed by atoms with van der Waals surface area (Å²) in [6, 6.07) is -0.0954. The van der Waals surface area contributed by atoms with Crippen LogP contribution in [-0.4, -0.2) is 63.1 Å². The summed E-state index contributed by atoms with van der Waals surface area (Å²) in [5, 5.41) is 0. The second-order valence-corrected chi connectivity index (χ2v) is 9.38. The monoisotopic (exact) mass is 312 g/mol. The molecular weight excluding hydrogens is 288 g/mol. The van der Waals surface area contributed by atoms with Gasteiger partial charge in [0.1, 0.15) is 0 Å². The van der Waals surface area contributed by atoms with Crippen molar-refractivity contribution in [1.82, 2.24) is 8.61 Å². The van der Waals surface area contributed by atoms with Crippen LogP contribution >= 0.6 is 0 Å². The van der Waals surface area contributed by atoms with Crippen LogP contribution in [0.3, 0.4) is 0 Å². The summed E-state index contributed by atoms with van der Waals surface area (Å²) in [6.45, 7) is 4.15. The Labute approximate surface area is 116 Å². The molecule has 19 heavy (non-hydrogen) atoms. The number of rotatable bonds is 5. The van der Waals surface area contributed by atoms with Crippen molar-refractivity contribution < 1.29 is 16.8 Å². The van der Waals surface area contributed by atoms with Crippen LogP contribution in [0.2, 0.25) is 0 Å². The van der Waals surface area contributed by atoms with Crippen LogP contribution in [0.15, 0.2) is 0 Å². The second kappa shape index (κ2) is 6.51. The van der Waals surface area contributed by atoms with Gasteiger partial charge in [0.25, 0.3) is 0 Å². The van der Waals surface area contributed by atoms with Gasteiger partial charge in [-0.25, -0.2) is 25.4 Å². The minimum atomic E-state index is -3.21. The Morgan fingerprint density at radius 1 is 1.05 bits per heavy atom. The predicted molar refractivity (Wildman–Crippen MR) is 75.9 cm³/mol. The largest absolute Gasteiger partial charge is 0.213 e. The molecule has 1 aliphatic rings. The third kappa shape index (κ3) is 4.14. The fraction of sp³-hybridized carbons (Fsp3) is 1.00. The Bertz CT molecular complexity index is 487. The molecule has 0 saturated carbocycles. The molecule has 0 radical (unpaired) electrons. The van der Waals surface area contributed by atoms with E-state index >= 15 is 0 Å². The molecule has 1 aliphatic heterocycles. The quantitative estimate of drug-likeness (QED) is 0.740. The fourth-order valence-electron chi connectivity index (χ4n) is 2.31. The van der Waals surface area contributed by atoms with Gasteiger partial charge in [0.15, 0.2) is 0 Å². The normalized spacial score (nSPS) is 23.5. The molecule has 0 aromatic carbocycles. The van der Waals surface area contributed by atoms with Crippen LogP contribution in [0, 0.1) is 0 Å². The van der Waals surface area contributed by atoms with Crippen LogP contribution in [-0.2, 0) is 20.0 Å². The third-order valence-electron chi connectivity index (χ3n) is 3.73. The summed E-state index contributed by atoms with van der Waals surface area (Å²) in [6.07, 6.45) is 1.98. The predicted octanol–water partition coefficient (Wildman–Crippen LogP) is 0.472. The summed E-state index contributed by atoms with van der Waals surface area (Å²) < 4.78 is 50.2. The maximum atomic E-state index is 11.8. The first-order valence-electron chi connectivity index (χ1n) is 6.68. The van der Waals surface area contributed by atoms with Gasteiger partial charge in [-0.2, -0.15) is 0 Å². The highest BCUT2D eigenvalue weighted by Gasteiger charge is 2.30. The van der Waals surface area contributed by atoms with Crippen LogP contribution < -0.4 is 0 Å². The molecular formula is C11H24N2O4S2. The number of hydrogen-bond acceptors (Lipinski definition) is 4. The molecule has 0 bridgehead atoms. The highest BCUT2D eigenvalue weighted by molar-refractivity contribution is 7.89. The molecule has 0 N–H and O–H groups in total. The molecule has 0 spiro atoms. The molecule has 114 valence electrons. The Hall–Kier alpha value is -0.180. The van der Waals surface area contributed by atoms with Gasteiger partial charge in [0.05, 0.1) is 11.5 Å². The van der Waals surface area contributed by atoms with Gasteiger partial charge in [-0.15, -0.1) is 0 Å². The second-order valence-electron chi connectivity index (χ2n) is 4.80. The molecule has 1 unspecified atom stereocenters. The maximum absolute atomic E-state index is 11.8. The van der Waals surface area contributed by atoms with Crippen molar-refractivity contribution >= 4 is 20.0 Å². The van der Waals surface area contributed by atoms with Gasteiger partial charge >= 0.3 is 0 Å². The van der Waals surface area contributed by atoms with Crippen molar-refractivity contribution in [3.8, 4) is 0 Å². The average molecular weight is 312 g/mol. The van der Waals surface area contributed by atoms with Crippen molar-refractivity contribution in [2.75, 3.05) is 31.6 Å². The topological polar surface area (TPSA) is 74.8 Å². The molecule has 0 amide bonds. The Morgan fingerprint density at radius 2 is 1.68 bits per heavy atom. The molecule has 0 aromatic rings. The number of sulfonamides is 2. The smallest absolute Gasteiger partial charge is 0.212 e. The van der Waals surface area contributed by atoms with Gasteiger partial charge in [-0.05, 0) is 33.1 Å². The zero-order valence-corrected chi connectivity index (χ0v) is 13.5. The van der Waals surface area contributed by atoms with E-state index in [9.17, 15) is 16.8 Å². The van der Waals surface area contributed by atoms with Gasteiger partial charge in [-0.3, -0.25) is 0 Å². The fourth-order valence-corrected chi connectivity index (χ4v) is 4.54. The zero-order chi connectivity index (χ0) is 14.7. The maximum Gasteiger partial charge on any atom is 0.213 e. The third-order valence-corrected chi connectivity index (χ3v) is 7.52. The summed E-state index contributed by atoms with van der Waals surface area (Å²) >= 11 is 0. The minimum absolute atomic E-state index is 0.0803. The van der Waals surface area contributed by atoms with E-state index in [2.05, 4.69) is 0 Å². The highest BCUT2D eigenvalue weighted by Crippen LogP contribution is 2.20. The molecule has 1 heterocycles. The first kappa shape index (κ1) is 16.9. The van der Waals surface area contributed by atoms with Crippen molar-refractivity contribution in [1.29, 1.82) is 0 Å². The molecule has 0 aromatic heterocycles. The lowest BCUT2D eigenvalue weighted by molar-refractivity contribution is 0.335. The minimum Gasteiger partial charge on any atom is -0.212 e. The molecule has 0 aliphatic carbocycles. The summed E-state index contributed by atoms with van der Waals surface area (Å²) in [5.74, 6) is 0.178. The van der Waals surface area contributed by atoms with Crippen molar-refractivity contribution in [3.05, 3.63) is 0 Å². The van der Waals surface area contributed by atoms with Crippen LogP contribution in [0.4, 0.5) is 0 Å². The van der Waals surface area contributed by atoms with Crippen molar-refractivity contribution in [2.24, 2.45) is 0 Å². The molecule has 8 heteroatoms. The Balaban J connectivity index is 2.75. The van der Waals surface area contributed by atoms with Crippen molar-refractivity contribution in [3.63, 3.8) is 0 Å². The van der Waals surface area contributed by atoms with E-state index in [0.29, 0.717) is 32.4 Å².